The van der Waals surface area contributed by atoms with Crippen molar-refractivity contribution in [3.05, 3.63) is 322 Å². The lowest BCUT2D eigenvalue weighted by Gasteiger charge is -2.39. The molecule has 0 spiro atoms. The van der Waals surface area contributed by atoms with Gasteiger partial charge >= 0.3 is 6.85 Å². The summed E-state index contributed by atoms with van der Waals surface area (Å²) in [7, 11) is -5.78. The summed E-state index contributed by atoms with van der Waals surface area (Å²) >= 11 is 0. The van der Waals surface area contributed by atoms with Crippen molar-refractivity contribution in [1.29, 1.82) is 0 Å². The van der Waals surface area contributed by atoms with Gasteiger partial charge in [-0.2, -0.15) is 0 Å². The van der Waals surface area contributed by atoms with Gasteiger partial charge in [0, 0.05) is 28.1 Å². The number of fused-ring (bicyclic) bond motifs is 3. The molecule has 0 unspecified atom stereocenters. The Hall–Kier alpha value is -9.13. The van der Waals surface area contributed by atoms with Crippen LogP contribution >= 0.6 is 0 Å². The maximum Gasteiger partial charge on any atom is 0.328 e. The fourth-order valence-electron chi connectivity index (χ4n) is 12.3. The second-order valence-electron chi connectivity index (χ2n) is 19.7. The van der Waals surface area contributed by atoms with E-state index in [2.05, 4.69) is 326 Å². The molecule has 0 radical (unpaired) electrons. The largest absolute Gasteiger partial charge is 0.376 e. The van der Waals surface area contributed by atoms with Crippen molar-refractivity contribution < 1.29 is 0 Å². The average molecular weight is 1000 g/mol. The smallest absolute Gasteiger partial charge is 0.328 e. The molecule has 1 aliphatic rings. The van der Waals surface area contributed by atoms with Gasteiger partial charge in [0.25, 0.3) is 0 Å². The highest BCUT2D eigenvalue weighted by Crippen LogP contribution is 2.41. The molecule has 0 N–H and O–H groups in total. The molecule has 0 saturated heterocycles. The minimum atomic E-state index is -2.89. The van der Waals surface area contributed by atoms with E-state index in [4.69, 9.17) is 4.98 Å². The van der Waals surface area contributed by atoms with Gasteiger partial charge < -0.3 is 4.81 Å². The number of pyridine rings is 1. The van der Waals surface area contributed by atoms with Crippen molar-refractivity contribution in [3.8, 4) is 33.6 Å². The van der Waals surface area contributed by atoms with Crippen LogP contribution in [0, 0.1) is 0 Å². The summed E-state index contributed by atoms with van der Waals surface area (Å²) in [5.74, 6) is 0. The summed E-state index contributed by atoms with van der Waals surface area (Å²) < 4.78 is 0. The summed E-state index contributed by atoms with van der Waals surface area (Å²) in [6.45, 7) is -0.114. The number of hydrogen-bond acceptors (Lipinski definition) is 2. The topological polar surface area (TPSA) is 16.1 Å². The second kappa shape index (κ2) is 20.3. The number of para-hydroxylation sites is 1. The lowest BCUT2D eigenvalue weighted by molar-refractivity contribution is 1.29. The van der Waals surface area contributed by atoms with Crippen LogP contribution in [-0.4, -0.2) is 28.0 Å². The van der Waals surface area contributed by atoms with E-state index in [1.807, 2.05) is 0 Å². The molecule has 12 aromatic rings. The predicted octanol–water partition coefficient (Wildman–Crippen LogP) is 10.1. The molecule has 358 valence electrons. The number of aromatic nitrogens is 1. The minimum absolute atomic E-state index is 0.114. The summed E-state index contributed by atoms with van der Waals surface area (Å²) in [6, 6.07) is 119. The Bertz CT molecular complexity index is 3560. The van der Waals surface area contributed by atoms with Crippen LogP contribution in [-0.2, 0) is 0 Å². The maximum atomic E-state index is 5.85. The van der Waals surface area contributed by atoms with Crippen molar-refractivity contribution in [2.75, 3.05) is 4.81 Å². The maximum absolute atomic E-state index is 5.85. The molecule has 0 bridgehead atoms. The van der Waals surface area contributed by atoms with Crippen molar-refractivity contribution in [2.45, 2.75) is 0 Å². The van der Waals surface area contributed by atoms with Crippen molar-refractivity contribution in [1.82, 2.24) is 4.98 Å². The molecule has 76 heavy (non-hydrogen) atoms. The van der Waals surface area contributed by atoms with Gasteiger partial charge in [-0.15, -0.1) is 0 Å². The number of hydrogen-bond donors (Lipinski definition) is 0. The highest BCUT2D eigenvalue weighted by atomic mass is 28.3. The molecule has 2 heterocycles. The third-order valence-electron chi connectivity index (χ3n) is 15.6. The van der Waals surface area contributed by atoms with Crippen LogP contribution < -0.4 is 57.2 Å². The standard InChI is InChI=1S/C71H53BN2Si2/c1-8-30-56(31-9-1)72-68-48-24-22-46-66(68)67-47-23-25-49-71(67)74(72)57-52-69(54-28-26-44-64(50-54)75(58-32-10-2-11-33-58,59-34-12-3-13-35-59)60-36-14-4-15-37-60)73-70(53-57)55-29-27-45-65(51-55)76(61-38-16-5-17-39-61,62-40-18-6-19-41-62)63-42-20-7-21-43-63/h1-53H. The second-order valence-corrected chi connectivity index (χ2v) is 27.4. The van der Waals surface area contributed by atoms with Gasteiger partial charge in [-0.1, -0.05) is 309 Å². The molecular formula is C71H53BN2Si2. The predicted molar refractivity (Wildman–Crippen MR) is 328 cm³/mol. The van der Waals surface area contributed by atoms with Gasteiger partial charge in [0.15, 0.2) is 16.1 Å². The van der Waals surface area contributed by atoms with Crippen molar-refractivity contribution in [3.63, 3.8) is 0 Å². The molecule has 1 aromatic heterocycles. The van der Waals surface area contributed by atoms with Crippen LogP contribution in [0.3, 0.4) is 0 Å². The van der Waals surface area contributed by atoms with Crippen LogP contribution in [0.15, 0.2) is 322 Å². The Morgan fingerprint density at radius 1 is 0.276 bits per heavy atom. The van der Waals surface area contributed by atoms with Crippen LogP contribution in [0.25, 0.3) is 33.6 Å². The number of rotatable bonds is 12. The first kappa shape index (κ1) is 46.6. The zero-order valence-electron chi connectivity index (χ0n) is 42.1. The first-order chi connectivity index (χ1) is 37.7. The summed E-state index contributed by atoms with van der Waals surface area (Å²) in [4.78, 5) is 8.43. The molecule has 0 amide bonds. The van der Waals surface area contributed by atoms with Crippen LogP contribution in [0.5, 0.6) is 0 Å². The van der Waals surface area contributed by atoms with Crippen LogP contribution in [0.1, 0.15) is 0 Å². The highest BCUT2D eigenvalue weighted by Gasteiger charge is 2.43. The highest BCUT2D eigenvalue weighted by molar-refractivity contribution is 7.20. The molecular weight excluding hydrogens is 948 g/mol. The summed E-state index contributed by atoms with van der Waals surface area (Å²) in [5, 5.41) is 10.6. The first-order valence-electron chi connectivity index (χ1n) is 26.3. The van der Waals surface area contributed by atoms with Gasteiger partial charge in [0.2, 0.25) is 0 Å². The zero-order chi connectivity index (χ0) is 50.7. The zero-order valence-corrected chi connectivity index (χ0v) is 44.1. The van der Waals surface area contributed by atoms with E-state index in [0.29, 0.717) is 0 Å². The number of nitrogens with zero attached hydrogens (tertiary/aromatic N) is 2. The molecule has 0 fully saturated rings. The summed E-state index contributed by atoms with van der Waals surface area (Å²) in [6.07, 6.45) is 0. The lowest BCUT2D eigenvalue weighted by Crippen LogP contribution is -2.74. The number of anilines is 2. The van der Waals surface area contributed by atoms with E-state index in [0.717, 1.165) is 33.9 Å². The Kier molecular flexibility index (Phi) is 12.5. The fourth-order valence-corrected chi connectivity index (χ4v) is 21.9. The molecule has 13 rings (SSSR count). The van der Waals surface area contributed by atoms with Crippen molar-refractivity contribution >= 4 is 86.8 Å². The minimum Gasteiger partial charge on any atom is -0.376 e. The average Bonchev–Trinajstić information content (AvgIpc) is 3.63. The van der Waals surface area contributed by atoms with E-state index >= 15 is 0 Å². The first-order valence-corrected chi connectivity index (χ1v) is 30.3. The normalized spacial score (nSPS) is 12.2. The third-order valence-corrected chi connectivity index (χ3v) is 25.1. The van der Waals surface area contributed by atoms with Crippen LogP contribution in [0.2, 0.25) is 0 Å². The SMILES string of the molecule is c1ccc(B2c3ccccc3-c3ccccc3N2c2cc(-c3cccc([Si](c4ccccc4)(c4ccccc4)c4ccccc4)c3)nc(-c3cccc([Si](c4ccccc4)(c4ccccc4)c4ccccc4)c3)c2)cc1. The van der Waals surface area contributed by atoms with E-state index in [-0.39, 0.29) is 6.85 Å². The van der Waals surface area contributed by atoms with Gasteiger partial charge in [0.1, 0.15) is 0 Å². The van der Waals surface area contributed by atoms with Gasteiger partial charge in [-0.05, 0) is 70.7 Å². The molecule has 0 atom stereocenters. The Balaban J connectivity index is 1.09. The van der Waals surface area contributed by atoms with Gasteiger partial charge in [0.05, 0.1) is 11.4 Å². The van der Waals surface area contributed by atoms with Gasteiger partial charge in [-0.3, -0.25) is 0 Å². The van der Waals surface area contributed by atoms with Crippen molar-refractivity contribution in [2.24, 2.45) is 0 Å². The molecule has 5 heteroatoms. The fraction of sp³-hybridized carbons (Fsp3) is 0. The molecule has 11 aromatic carbocycles. The van der Waals surface area contributed by atoms with E-state index in [9.17, 15) is 0 Å². The van der Waals surface area contributed by atoms with E-state index in [1.165, 1.54) is 63.5 Å². The summed E-state index contributed by atoms with van der Waals surface area (Å²) in [5.41, 5.74) is 11.2. The number of benzene rings is 11. The molecule has 0 aliphatic carbocycles. The van der Waals surface area contributed by atoms with Crippen LogP contribution in [0.4, 0.5) is 11.4 Å². The molecule has 1 aliphatic heterocycles. The Morgan fingerprint density at radius 2 is 0.605 bits per heavy atom. The molecule has 0 saturated carbocycles. The Labute approximate surface area is 449 Å². The third kappa shape index (κ3) is 8.09. The molecule has 2 nitrogen and oxygen atoms in total. The lowest BCUT2D eigenvalue weighted by atomic mass is 9.46. The Morgan fingerprint density at radius 3 is 1.01 bits per heavy atom. The van der Waals surface area contributed by atoms with E-state index in [1.54, 1.807) is 0 Å². The monoisotopic (exact) mass is 1000 g/mol. The van der Waals surface area contributed by atoms with E-state index < -0.39 is 16.1 Å². The quantitative estimate of drug-likeness (QED) is 0.0896. The van der Waals surface area contributed by atoms with Gasteiger partial charge in [-0.25, -0.2) is 4.98 Å².